The molecule has 1 amide bonds. The van der Waals surface area contributed by atoms with Gasteiger partial charge in [0.15, 0.2) is 0 Å². The van der Waals surface area contributed by atoms with Crippen LogP contribution in [0.25, 0.3) is 0 Å². The van der Waals surface area contributed by atoms with Crippen molar-refractivity contribution < 1.29 is 9.90 Å². The molecule has 0 spiro atoms. The Morgan fingerprint density at radius 3 is 2.80 bits per heavy atom. The Morgan fingerprint density at radius 1 is 1.33 bits per heavy atom. The second-order valence-corrected chi connectivity index (χ2v) is 4.15. The van der Waals surface area contributed by atoms with E-state index in [-0.39, 0.29) is 18.1 Å². The van der Waals surface area contributed by atoms with Crippen molar-refractivity contribution in [3.8, 4) is 0 Å². The number of aliphatic hydroxyl groups excluding tert-OH is 1. The lowest BCUT2D eigenvalue weighted by Gasteiger charge is -2.21. The van der Waals surface area contributed by atoms with Crippen LogP contribution in [0.3, 0.4) is 0 Å². The summed E-state index contributed by atoms with van der Waals surface area (Å²) in [6.07, 6.45) is 4.97. The summed E-state index contributed by atoms with van der Waals surface area (Å²) in [5, 5.41) is 15.7. The first-order valence-corrected chi connectivity index (χ1v) is 5.92. The van der Waals surface area contributed by atoms with E-state index in [4.69, 9.17) is 0 Å². The Morgan fingerprint density at radius 2 is 2.07 bits per heavy atom. The van der Waals surface area contributed by atoms with Gasteiger partial charge in [0.1, 0.15) is 0 Å². The Bertz CT molecular complexity index is 197. The van der Waals surface area contributed by atoms with Crippen molar-refractivity contribution >= 4 is 5.91 Å². The van der Waals surface area contributed by atoms with Gasteiger partial charge in [-0.3, -0.25) is 4.79 Å². The van der Waals surface area contributed by atoms with E-state index in [0.29, 0.717) is 13.1 Å². The summed E-state index contributed by atoms with van der Waals surface area (Å²) in [6.45, 7) is 2.88. The van der Waals surface area contributed by atoms with E-state index >= 15 is 0 Å². The molecule has 0 aromatic carbocycles. The molecule has 0 saturated heterocycles. The van der Waals surface area contributed by atoms with Crippen molar-refractivity contribution in [1.82, 2.24) is 10.6 Å². The molecule has 0 aromatic rings. The van der Waals surface area contributed by atoms with E-state index in [9.17, 15) is 9.90 Å². The van der Waals surface area contributed by atoms with Crippen molar-refractivity contribution in [3.05, 3.63) is 0 Å². The third-order valence-corrected chi connectivity index (χ3v) is 2.88. The number of carbonyl (C=O) groups is 1. The van der Waals surface area contributed by atoms with Gasteiger partial charge >= 0.3 is 0 Å². The van der Waals surface area contributed by atoms with E-state index in [1.54, 1.807) is 0 Å². The minimum atomic E-state index is -0.290. The van der Waals surface area contributed by atoms with E-state index in [0.717, 1.165) is 25.7 Å². The number of amides is 1. The molecule has 15 heavy (non-hydrogen) atoms. The predicted octanol–water partition coefficient (Wildman–Crippen LogP) is 0.406. The molecule has 1 fully saturated rings. The SMILES string of the molecule is CCNC(=O)CNC1CCCCCC1O. The van der Waals surface area contributed by atoms with Gasteiger partial charge in [-0.1, -0.05) is 19.3 Å². The van der Waals surface area contributed by atoms with Crippen LogP contribution in [0.1, 0.15) is 39.0 Å². The van der Waals surface area contributed by atoms with Crippen LogP contribution in [-0.2, 0) is 4.79 Å². The van der Waals surface area contributed by atoms with Crippen molar-refractivity contribution in [2.75, 3.05) is 13.1 Å². The van der Waals surface area contributed by atoms with E-state index in [1.807, 2.05) is 6.92 Å². The zero-order chi connectivity index (χ0) is 11.1. The van der Waals surface area contributed by atoms with Gasteiger partial charge < -0.3 is 15.7 Å². The smallest absolute Gasteiger partial charge is 0.233 e. The maximum absolute atomic E-state index is 11.2. The highest BCUT2D eigenvalue weighted by atomic mass is 16.3. The highest BCUT2D eigenvalue weighted by Crippen LogP contribution is 2.17. The maximum Gasteiger partial charge on any atom is 0.233 e. The van der Waals surface area contributed by atoms with Crippen molar-refractivity contribution in [2.24, 2.45) is 0 Å². The normalized spacial score (nSPS) is 27.1. The van der Waals surface area contributed by atoms with Gasteiger partial charge in [0.25, 0.3) is 0 Å². The van der Waals surface area contributed by atoms with Crippen LogP contribution in [0.4, 0.5) is 0 Å². The lowest BCUT2D eigenvalue weighted by molar-refractivity contribution is -0.120. The first-order chi connectivity index (χ1) is 7.24. The van der Waals surface area contributed by atoms with Crippen LogP contribution in [0.15, 0.2) is 0 Å². The third kappa shape index (κ3) is 4.62. The fourth-order valence-corrected chi connectivity index (χ4v) is 2.01. The topological polar surface area (TPSA) is 61.4 Å². The molecule has 1 saturated carbocycles. The molecule has 4 heteroatoms. The largest absolute Gasteiger partial charge is 0.392 e. The highest BCUT2D eigenvalue weighted by molar-refractivity contribution is 5.77. The van der Waals surface area contributed by atoms with Crippen LogP contribution in [0.2, 0.25) is 0 Å². The van der Waals surface area contributed by atoms with Crippen LogP contribution < -0.4 is 10.6 Å². The quantitative estimate of drug-likeness (QED) is 0.594. The molecule has 0 bridgehead atoms. The van der Waals surface area contributed by atoms with Crippen LogP contribution in [0, 0.1) is 0 Å². The molecule has 0 aromatic heterocycles. The Hall–Kier alpha value is -0.610. The average Bonchev–Trinajstić information content (AvgIpc) is 2.41. The Labute approximate surface area is 91.4 Å². The van der Waals surface area contributed by atoms with Gasteiger partial charge in [-0.05, 0) is 19.8 Å². The van der Waals surface area contributed by atoms with Crippen LogP contribution >= 0.6 is 0 Å². The number of aliphatic hydroxyl groups is 1. The zero-order valence-electron chi connectivity index (χ0n) is 9.46. The van der Waals surface area contributed by atoms with Gasteiger partial charge in [-0.15, -0.1) is 0 Å². The number of likely N-dealkylation sites (N-methyl/N-ethyl adjacent to an activating group) is 1. The summed E-state index contributed by atoms with van der Waals surface area (Å²) in [6, 6.07) is 0.0927. The Balaban J connectivity index is 2.25. The molecule has 0 heterocycles. The summed E-state index contributed by atoms with van der Waals surface area (Å²) < 4.78 is 0. The number of hydrogen-bond acceptors (Lipinski definition) is 3. The standard InChI is InChI=1S/C11H22N2O2/c1-2-12-11(15)8-13-9-6-4-3-5-7-10(9)14/h9-10,13-14H,2-8H2,1H3,(H,12,15). The average molecular weight is 214 g/mol. The lowest BCUT2D eigenvalue weighted by atomic mass is 10.1. The summed E-state index contributed by atoms with van der Waals surface area (Å²) in [5.74, 6) is 0.00828. The number of carbonyl (C=O) groups excluding carboxylic acids is 1. The first-order valence-electron chi connectivity index (χ1n) is 5.92. The van der Waals surface area contributed by atoms with Crippen molar-refractivity contribution in [3.63, 3.8) is 0 Å². The molecule has 0 radical (unpaired) electrons. The van der Waals surface area contributed by atoms with Gasteiger partial charge in [0.2, 0.25) is 5.91 Å². The van der Waals surface area contributed by atoms with Crippen molar-refractivity contribution in [2.45, 2.75) is 51.2 Å². The summed E-state index contributed by atoms with van der Waals surface area (Å²) >= 11 is 0. The Kier molecular flexibility index (Phi) is 5.65. The molecule has 4 nitrogen and oxygen atoms in total. The zero-order valence-corrected chi connectivity index (χ0v) is 9.46. The maximum atomic E-state index is 11.2. The number of nitrogens with one attached hydrogen (secondary N) is 2. The number of rotatable bonds is 4. The molecule has 2 atom stereocenters. The molecule has 88 valence electrons. The molecular formula is C11H22N2O2. The third-order valence-electron chi connectivity index (χ3n) is 2.88. The summed E-state index contributed by atoms with van der Waals surface area (Å²) in [4.78, 5) is 11.2. The molecule has 1 aliphatic carbocycles. The van der Waals surface area contributed by atoms with E-state index in [2.05, 4.69) is 10.6 Å². The molecule has 1 rings (SSSR count). The van der Waals surface area contributed by atoms with Crippen molar-refractivity contribution in [1.29, 1.82) is 0 Å². The van der Waals surface area contributed by atoms with Gasteiger partial charge in [-0.25, -0.2) is 0 Å². The van der Waals surface area contributed by atoms with Crippen LogP contribution in [-0.4, -0.2) is 36.2 Å². The minimum absolute atomic E-state index is 0.00828. The summed E-state index contributed by atoms with van der Waals surface area (Å²) in [5.41, 5.74) is 0. The van der Waals surface area contributed by atoms with Gasteiger partial charge in [0.05, 0.1) is 12.6 Å². The molecular weight excluding hydrogens is 192 g/mol. The predicted molar refractivity (Wildman–Crippen MR) is 59.6 cm³/mol. The molecule has 3 N–H and O–H groups in total. The van der Waals surface area contributed by atoms with Gasteiger partial charge in [0, 0.05) is 12.6 Å². The van der Waals surface area contributed by atoms with E-state index in [1.165, 1.54) is 6.42 Å². The highest BCUT2D eigenvalue weighted by Gasteiger charge is 2.21. The monoisotopic (exact) mass is 214 g/mol. The fraction of sp³-hybridized carbons (Fsp3) is 0.909. The first kappa shape index (κ1) is 12.5. The molecule has 0 aliphatic heterocycles. The van der Waals surface area contributed by atoms with Crippen LogP contribution in [0.5, 0.6) is 0 Å². The molecule has 2 unspecified atom stereocenters. The second-order valence-electron chi connectivity index (χ2n) is 4.15. The van der Waals surface area contributed by atoms with Gasteiger partial charge in [-0.2, -0.15) is 0 Å². The number of hydrogen-bond donors (Lipinski definition) is 3. The van der Waals surface area contributed by atoms with E-state index < -0.39 is 0 Å². The second kappa shape index (κ2) is 6.80. The lowest BCUT2D eigenvalue weighted by Crippen LogP contribution is -2.44. The molecule has 1 aliphatic rings. The summed E-state index contributed by atoms with van der Waals surface area (Å²) in [7, 11) is 0. The fourth-order valence-electron chi connectivity index (χ4n) is 2.01. The minimum Gasteiger partial charge on any atom is -0.392 e.